The molecule has 10 heteroatoms. The molecule has 1 aromatic heterocycles. The number of nitrogens with zero attached hydrogens (tertiary/aromatic N) is 2. The Kier molecular flexibility index (Phi) is 8.52. The van der Waals surface area contributed by atoms with E-state index in [0.29, 0.717) is 28.4 Å². The molecule has 0 saturated carbocycles. The number of rotatable bonds is 8. The predicted molar refractivity (Wildman–Crippen MR) is 134 cm³/mol. The lowest BCUT2D eigenvalue weighted by atomic mass is 9.87. The molecule has 3 N–H and O–H groups in total. The van der Waals surface area contributed by atoms with Gasteiger partial charge in [-0.15, -0.1) is 0 Å². The van der Waals surface area contributed by atoms with E-state index in [9.17, 15) is 9.59 Å². The van der Waals surface area contributed by atoms with Gasteiger partial charge < -0.3 is 29.8 Å². The molecule has 3 rings (SSSR count). The van der Waals surface area contributed by atoms with Crippen molar-refractivity contribution in [3.63, 3.8) is 0 Å². The molecule has 1 atom stereocenters. The molecule has 0 aliphatic carbocycles. The number of oxazole rings is 1. The number of anilines is 2. The number of methoxy groups -OCH3 is 1. The van der Waals surface area contributed by atoms with E-state index < -0.39 is 18.2 Å². The maximum Gasteiger partial charge on any atom is 0.407 e. The average Bonchev–Trinajstić information content (AvgIpc) is 3.37. The van der Waals surface area contributed by atoms with Crippen molar-refractivity contribution in [3.05, 3.63) is 60.6 Å². The SMILES string of the molecule is COc1cc(NC(=O)Nc2cccc(CNC(=O)OC(CC#N)C(C)(C)C)c2)ccc1-c1cnco1. The number of aromatic nitrogens is 1. The third kappa shape index (κ3) is 7.24. The van der Waals surface area contributed by atoms with Crippen LogP contribution in [0.25, 0.3) is 11.3 Å². The zero-order chi connectivity index (χ0) is 26.1. The van der Waals surface area contributed by atoms with Crippen LogP contribution in [0.4, 0.5) is 21.0 Å². The average molecular weight is 492 g/mol. The van der Waals surface area contributed by atoms with Gasteiger partial charge in [0.2, 0.25) is 0 Å². The van der Waals surface area contributed by atoms with Gasteiger partial charge in [0.05, 0.1) is 31.4 Å². The maximum atomic E-state index is 12.5. The fraction of sp³-hybridized carbons (Fsp3) is 0.308. The van der Waals surface area contributed by atoms with Crippen LogP contribution >= 0.6 is 0 Å². The van der Waals surface area contributed by atoms with Gasteiger partial charge in [-0.25, -0.2) is 14.6 Å². The van der Waals surface area contributed by atoms with E-state index in [1.807, 2.05) is 32.9 Å². The second kappa shape index (κ2) is 11.8. The van der Waals surface area contributed by atoms with Gasteiger partial charge in [-0.05, 0) is 29.8 Å². The number of carbonyl (C=O) groups is 2. The number of nitriles is 1. The molecule has 188 valence electrons. The summed E-state index contributed by atoms with van der Waals surface area (Å²) in [5, 5.41) is 17.2. The van der Waals surface area contributed by atoms with Crippen molar-refractivity contribution < 1.29 is 23.5 Å². The Morgan fingerprint density at radius 3 is 2.53 bits per heavy atom. The number of amides is 3. The maximum absolute atomic E-state index is 12.5. The van der Waals surface area contributed by atoms with Crippen LogP contribution in [0.3, 0.4) is 0 Å². The molecule has 0 spiro atoms. The summed E-state index contributed by atoms with van der Waals surface area (Å²) < 4.78 is 16.1. The molecular weight excluding hydrogens is 462 g/mol. The molecule has 36 heavy (non-hydrogen) atoms. The normalized spacial score (nSPS) is 11.6. The number of urea groups is 1. The van der Waals surface area contributed by atoms with Gasteiger partial charge in [0, 0.05) is 29.4 Å². The van der Waals surface area contributed by atoms with Crippen LogP contribution in [0.1, 0.15) is 32.8 Å². The van der Waals surface area contributed by atoms with E-state index in [4.69, 9.17) is 19.2 Å². The number of hydrogen-bond acceptors (Lipinski definition) is 7. The first-order chi connectivity index (χ1) is 17.2. The Morgan fingerprint density at radius 1 is 1.14 bits per heavy atom. The van der Waals surface area contributed by atoms with Gasteiger partial charge in [0.15, 0.2) is 12.2 Å². The minimum atomic E-state index is -0.607. The summed E-state index contributed by atoms with van der Waals surface area (Å²) in [6.07, 6.45) is 1.89. The highest BCUT2D eigenvalue weighted by Crippen LogP contribution is 2.32. The second-order valence-electron chi connectivity index (χ2n) is 9.04. The zero-order valence-electron chi connectivity index (χ0n) is 20.6. The Labute approximate surface area is 209 Å². The van der Waals surface area contributed by atoms with Crippen molar-refractivity contribution in [2.75, 3.05) is 17.7 Å². The topological polar surface area (TPSA) is 139 Å². The number of alkyl carbamates (subject to hydrolysis) is 1. The molecule has 0 bridgehead atoms. The van der Waals surface area contributed by atoms with E-state index in [-0.39, 0.29) is 18.4 Å². The molecule has 3 amide bonds. The summed E-state index contributed by atoms with van der Waals surface area (Å²) in [4.78, 5) is 28.7. The first kappa shape index (κ1) is 26.1. The van der Waals surface area contributed by atoms with Crippen LogP contribution in [-0.4, -0.2) is 30.3 Å². The quantitative estimate of drug-likeness (QED) is 0.375. The Bertz CT molecular complexity index is 1230. The minimum Gasteiger partial charge on any atom is -0.496 e. The van der Waals surface area contributed by atoms with Crippen molar-refractivity contribution in [2.45, 2.75) is 39.8 Å². The van der Waals surface area contributed by atoms with Crippen molar-refractivity contribution in [1.82, 2.24) is 10.3 Å². The number of nitrogens with one attached hydrogen (secondary N) is 3. The highest BCUT2D eigenvalue weighted by atomic mass is 16.6. The van der Waals surface area contributed by atoms with Crippen LogP contribution in [0, 0.1) is 16.7 Å². The van der Waals surface area contributed by atoms with Crippen molar-refractivity contribution in [1.29, 1.82) is 5.26 Å². The number of ether oxygens (including phenoxy) is 2. The Morgan fingerprint density at radius 2 is 1.89 bits per heavy atom. The minimum absolute atomic E-state index is 0.111. The van der Waals surface area contributed by atoms with Crippen LogP contribution < -0.4 is 20.7 Å². The number of benzene rings is 2. The fourth-order valence-electron chi connectivity index (χ4n) is 3.33. The van der Waals surface area contributed by atoms with Crippen LogP contribution in [-0.2, 0) is 11.3 Å². The molecule has 0 fully saturated rings. The first-order valence-electron chi connectivity index (χ1n) is 11.2. The second-order valence-corrected chi connectivity index (χ2v) is 9.04. The van der Waals surface area contributed by atoms with Crippen molar-refractivity contribution >= 4 is 23.5 Å². The van der Waals surface area contributed by atoms with Crippen molar-refractivity contribution in [2.24, 2.45) is 5.41 Å². The van der Waals surface area contributed by atoms with Gasteiger partial charge in [-0.3, -0.25) is 0 Å². The van der Waals surface area contributed by atoms with E-state index in [0.717, 1.165) is 5.56 Å². The summed E-state index contributed by atoms with van der Waals surface area (Å²) in [5.74, 6) is 1.07. The Balaban J connectivity index is 1.57. The summed E-state index contributed by atoms with van der Waals surface area (Å²) in [5.41, 5.74) is 2.18. The van der Waals surface area contributed by atoms with Gasteiger partial charge >= 0.3 is 12.1 Å². The summed E-state index contributed by atoms with van der Waals surface area (Å²) >= 11 is 0. The predicted octanol–water partition coefficient (Wildman–Crippen LogP) is 5.55. The molecule has 3 aromatic rings. The third-order valence-corrected chi connectivity index (χ3v) is 5.27. The lowest BCUT2D eigenvalue weighted by Crippen LogP contribution is -2.35. The molecule has 10 nitrogen and oxygen atoms in total. The monoisotopic (exact) mass is 491 g/mol. The van der Waals surface area contributed by atoms with E-state index >= 15 is 0 Å². The van der Waals surface area contributed by atoms with Crippen LogP contribution in [0.15, 0.2) is 59.5 Å². The van der Waals surface area contributed by atoms with Gasteiger partial charge in [0.1, 0.15) is 11.9 Å². The smallest absolute Gasteiger partial charge is 0.407 e. The summed E-state index contributed by atoms with van der Waals surface area (Å²) in [6.45, 7) is 5.91. The zero-order valence-corrected chi connectivity index (χ0v) is 20.6. The van der Waals surface area contributed by atoms with Gasteiger partial charge in [-0.1, -0.05) is 32.9 Å². The lowest BCUT2D eigenvalue weighted by molar-refractivity contribution is 0.0343. The molecular formula is C26H29N5O5. The highest BCUT2D eigenvalue weighted by molar-refractivity contribution is 6.00. The molecule has 0 radical (unpaired) electrons. The molecule has 0 aliphatic heterocycles. The molecule has 0 aliphatic rings. The van der Waals surface area contributed by atoms with Crippen LogP contribution in [0.5, 0.6) is 5.75 Å². The van der Waals surface area contributed by atoms with E-state index in [2.05, 4.69) is 20.9 Å². The first-order valence-corrected chi connectivity index (χ1v) is 11.2. The standard InChI is InChI=1S/C26H29N5O5/c1-26(2,3)23(10-11-27)36-25(33)29-14-17-6-5-7-18(12-17)30-24(32)31-19-8-9-20(21(13-19)34-4)22-15-28-16-35-22/h5-9,12-13,15-16,23H,10,14H2,1-4H3,(H,29,33)(H2,30,31,32). The molecule has 2 aromatic carbocycles. The fourth-order valence-corrected chi connectivity index (χ4v) is 3.33. The van der Waals surface area contributed by atoms with E-state index in [1.165, 1.54) is 13.5 Å². The summed E-state index contributed by atoms with van der Waals surface area (Å²) in [7, 11) is 1.53. The molecule has 1 unspecified atom stereocenters. The lowest BCUT2D eigenvalue weighted by Gasteiger charge is -2.28. The van der Waals surface area contributed by atoms with Gasteiger partial charge in [-0.2, -0.15) is 5.26 Å². The molecule has 0 saturated heterocycles. The Hall–Kier alpha value is -4.52. The van der Waals surface area contributed by atoms with Crippen LogP contribution in [0.2, 0.25) is 0 Å². The number of hydrogen-bond donors (Lipinski definition) is 3. The summed E-state index contributed by atoms with van der Waals surface area (Å²) in [6, 6.07) is 13.8. The molecule has 1 heterocycles. The van der Waals surface area contributed by atoms with Gasteiger partial charge in [0.25, 0.3) is 0 Å². The highest BCUT2D eigenvalue weighted by Gasteiger charge is 2.28. The largest absolute Gasteiger partial charge is 0.496 e. The van der Waals surface area contributed by atoms with Crippen molar-refractivity contribution in [3.8, 4) is 23.1 Å². The number of carbonyl (C=O) groups excluding carboxylic acids is 2. The van der Waals surface area contributed by atoms with E-state index in [1.54, 1.807) is 42.6 Å². The third-order valence-electron chi connectivity index (χ3n) is 5.27.